The quantitative estimate of drug-likeness (QED) is 0.866. The van der Waals surface area contributed by atoms with E-state index in [0.29, 0.717) is 23.4 Å². The highest BCUT2D eigenvalue weighted by Gasteiger charge is 2.47. The second-order valence-electron chi connectivity index (χ2n) is 7.23. The minimum atomic E-state index is -0.0729. The summed E-state index contributed by atoms with van der Waals surface area (Å²) >= 11 is 0. The summed E-state index contributed by atoms with van der Waals surface area (Å²) in [6.07, 6.45) is 3.61. The second kappa shape index (κ2) is 5.81. The molecule has 2 aliphatic carbocycles. The van der Waals surface area contributed by atoms with E-state index >= 15 is 0 Å². The maximum absolute atomic E-state index is 12.4. The monoisotopic (exact) mass is 329 g/mol. The zero-order valence-corrected chi connectivity index (χ0v) is 14.1. The molecule has 0 radical (unpaired) electrons. The molecule has 0 spiro atoms. The Balaban J connectivity index is 1.47. The molecular formula is C17H23N5O2. The first-order valence-electron chi connectivity index (χ1n) is 8.65. The first-order valence-corrected chi connectivity index (χ1v) is 8.65. The normalized spacial score (nSPS) is 28.6. The van der Waals surface area contributed by atoms with Crippen LogP contribution in [0, 0.1) is 31.6 Å². The largest absolute Gasteiger partial charge is 0.396 e. The number of aryl methyl sites for hydroxylation is 2. The zero-order valence-electron chi connectivity index (χ0n) is 14.1. The molecule has 2 aliphatic rings. The third-order valence-electron chi connectivity index (χ3n) is 5.61. The molecule has 2 aromatic heterocycles. The molecule has 2 heterocycles. The number of hydrogen-bond donors (Lipinski definition) is 2. The van der Waals surface area contributed by atoms with Crippen molar-refractivity contribution in [1.29, 1.82) is 0 Å². The van der Waals surface area contributed by atoms with E-state index < -0.39 is 0 Å². The molecule has 0 saturated heterocycles. The number of nitrogens with one attached hydrogen (secondary N) is 1. The van der Waals surface area contributed by atoms with Crippen LogP contribution in [0.2, 0.25) is 0 Å². The number of carbonyl (C=O) groups is 1. The van der Waals surface area contributed by atoms with Crippen molar-refractivity contribution in [2.24, 2.45) is 17.8 Å². The Bertz CT molecular complexity index is 787. The van der Waals surface area contributed by atoms with Crippen LogP contribution in [0.25, 0.3) is 5.78 Å². The molecule has 24 heavy (non-hydrogen) atoms. The minimum absolute atomic E-state index is 0.0729. The zero-order chi connectivity index (χ0) is 16.8. The Morgan fingerprint density at radius 1 is 1.33 bits per heavy atom. The van der Waals surface area contributed by atoms with E-state index in [1.54, 1.807) is 4.52 Å². The molecule has 0 aromatic carbocycles. The number of aromatic nitrogens is 4. The molecule has 2 bridgehead atoms. The number of fused-ring (bicyclic) bond motifs is 3. The molecule has 7 nitrogen and oxygen atoms in total. The number of hydrogen-bond acceptors (Lipinski definition) is 5. The fourth-order valence-electron chi connectivity index (χ4n) is 4.56. The van der Waals surface area contributed by atoms with Gasteiger partial charge in [0, 0.05) is 30.0 Å². The van der Waals surface area contributed by atoms with Gasteiger partial charge in [-0.2, -0.15) is 4.98 Å². The minimum Gasteiger partial charge on any atom is -0.396 e. The lowest BCUT2D eigenvalue weighted by molar-refractivity contribution is -0.122. The molecule has 2 N–H and O–H groups in total. The first kappa shape index (κ1) is 15.5. The number of aliphatic hydroxyl groups excluding tert-OH is 1. The molecular weight excluding hydrogens is 306 g/mol. The van der Waals surface area contributed by atoms with Crippen LogP contribution >= 0.6 is 0 Å². The topological polar surface area (TPSA) is 92.4 Å². The number of rotatable bonds is 4. The maximum atomic E-state index is 12.4. The Hall–Kier alpha value is -2.02. The van der Waals surface area contributed by atoms with Crippen LogP contribution in [0.4, 0.5) is 0 Å². The van der Waals surface area contributed by atoms with E-state index in [1.165, 1.54) is 6.42 Å². The third-order valence-corrected chi connectivity index (χ3v) is 5.61. The molecule has 1 amide bonds. The second-order valence-corrected chi connectivity index (χ2v) is 7.23. The molecule has 2 aromatic rings. The van der Waals surface area contributed by atoms with Crippen LogP contribution in [0.5, 0.6) is 0 Å². The van der Waals surface area contributed by atoms with E-state index in [2.05, 4.69) is 20.4 Å². The average Bonchev–Trinajstić information content (AvgIpc) is 3.21. The predicted octanol–water partition coefficient (Wildman–Crippen LogP) is 0.807. The average molecular weight is 329 g/mol. The number of amides is 1. The maximum Gasteiger partial charge on any atom is 0.252 e. The fourth-order valence-corrected chi connectivity index (χ4v) is 4.56. The van der Waals surface area contributed by atoms with E-state index in [-0.39, 0.29) is 30.9 Å². The number of aliphatic hydroxyl groups is 1. The van der Waals surface area contributed by atoms with E-state index in [4.69, 9.17) is 0 Å². The van der Waals surface area contributed by atoms with Gasteiger partial charge in [-0.1, -0.05) is 0 Å². The van der Waals surface area contributed by atoms with Gasteiger partial charge in [0.1, 0.15) is 0 Å². The Kier molecular flexibility index (Phi) is 3.75. The lowest BCUT2D eigenvalue weighted by Gasteiger charge is -2.30. The van der Waals surface area contributed by atoms with Crippen LogP contribution in [0.3, 0.4) is 0 Å². The summed E-state index contributed by atoms with van der Waals surface area (Å²) in [5.41, 5.74) is 1.83. The summed E-state index contributed by atoms with van der Waals surface area (Å²) in [5.74, 6) is 2.22. The first-order chi connectivity index (χ1) is 11.5. The fraction of sp³-hybridized carbons (Fsp3) is 0.647. The van der Waals surface area contributed by atoms with Crippen molar-refractivity contribution in [1.82, 2.24) is 24.9 Å². The van der Waals surface area contributed by atoms with Crippen LogP contribution in [0.15, 0.2) is 6.07 Å². The lowest BCUT2D eigenvalue weighted by Crippen LogP contribution is -2.45. The van der Waals surface area contributed by atoms with Crippen molar-refractivity contribution in [3.63, 3.8) is 0 Å². The highest BCUT2D eigenvalue weighted by molar-refractivity contribution is 5.78. The van der Waals surface area contributed by atoms with Gasteiger partial charge in [-0.15, -0.1) is 5.10 Å². The van der Waals surface area contributed by atoms with Crippen LogP contribution in [-0.4, -0.2) is 43.2 Å². The molecule has 0 aliphatic heterocycles. The predicted molar refractivity (Wildman–Crippen MR) is 87.3 cm³/mol. The van der Waals surface area contributed by atoms with Crippen molar-refractivity contribution in [2.75, 3.05) is 6.61 Å². The van der Waals surface area contributed by atoms with Gasteiger partial charge in [0.2, 0.25) is 5.91 Å². The van der Waals surface area contributed by atoms with Crippen molar-refractivity contribution >= 4 is 11.7 Å². The van der Waals surface area contributed by atoms with Gasteiger partial charge < -0.3 is 10.4 Å². The molecule has 7 heteroatoms. The van der Waals surface area contributed by atoms with Crippen LogP contribution < -0.4 is 5.32 Å². The molecule has 2 saturated carbocycles. The van der Waals surface area contributed by atoms with E-state index in [1.807, 2.05) is 19.9 Å². The van der Waals surface area contributed by atoms with Gasteiger partial charge in [-0.3, -0.25) is 4.79 Å². The Labute approximate surface area is 140 Å². The standard InChI is InChI=1S/C17H23N5O2/c1-9-5-10(2)22-17(18-9)19-14(21-22)7-15(24)20-16-12-4-3-11(6-12)13(16)8-23/h5,11-13,16,23H,3-4,6-8H2,1-2H3,(H,20,24). The molecule has 4 rings (SSSR count). The van der Waals surface area contributed by atoms with Crippen molar-refractivity contribution in [3.8, 4) is 0 Å². The SMILES string of the molecule is Cc1cc(C)n2nc(CC(=O)NC3C4CCC(C4)C3CO)nc2n1. The van der Waals surface area contributed by atoms with Crippen molar-refractivity contribution in [3.05, 3.63) is 23.3 Å². The molecule has 4 unspecified atom stereocenters. The smallest absolute Gasteiger partial charge is 0.252 e. The van der Waals surface area contributed by atoms with Gasteiger partial charge in [0.25, 0.3) is 5.78 Å². The third kappa shape index (κ3) is 2.56. The summed E-state index contributed by atoms with van der Waals surface area (Å²) in [6.45, 7) is 4.01. The van der Waals surface area contributed by atoms with Gasteiger partial charge in [0.15, 0.2) is 5.82 Å². The highest BCUT2D eigenvalue weighted by atomic mass is 16.3. The van der Waals surface area contributed by atoms with Gasteiger partial charge in [0.05, 0.1) is 6.42 Å². The van der Waals surface area contributed by atoms with Crippen molar-refractivity contribution < 1.29 is 9.90 Å². The Morgan fingerprint density at radius 2 is 2.12 bits per heavy atom. The van der Waals surface area contributed by atoms with Crippen molar-refractivity contribution in [2.45, 2.75) is 45.6 Å². The van der Waals surface area contributed by atoms with E-state index in [0.717, 1.165) is 24.2 Å². The lowest BCUT2D eigenvalue weighted by atomic mass is 9.85. The summed E-state index contributed by atoms with van der Waals surface area (Å²) in [6, 6.07) is 2.03. The molecule has 2 fully saturated rings. The summed E-state index contributed by atoms with van der Waals surface area (Å²) in [4.78, 5) is 21.1. The number of carbonyl (C=O) groups excluding carboxylic acids is 1. The van der Waals surface area contributed by atoms with Gasteiger partial charge >= 0.3 is 0 Å². The van der Waals surface area contributed by atoms with Gasteiger partial charge in [-0.25, -0.2) is 9.50 Å². The molecule has 4 atom stereocenters. The van der Waals surface area contributed by atoms with Crippen LogP contribution in [-0.2, 0) is 11.2 Å². The summed E-state index contributed by atoms with van der Waals surface area (Å²) in [5, 5.41) is 17.1. The highest BCUT2D eigenvalue weighted by Crippen LogP contribution is 2.48. The molecule has 128 valence electrons. The number of nitrogens with zero attached hydrogens (tertiary/aromatic N) is 4. The summed E-state index contributed by atoms with van der Waals surface area (Å²) in [7, 11) is 0. The van der Waals surface area contributed by atoms with E-state index in [9.17, 15) is 9.90 Å². The van der Waals surface area contributed by atoms with Crippen LogP contribution in [0.1, 0.15) is 36.5 Å². The van der Waals surface area contributed by atoms with Gasteiger partial charge in [-0.05, 0) is 51.0 Å². The Morgan fingerprint density at radius 3 is 2.92 bits per heavy atom. The summed E-state index contributed by atoms with van der Waals surface area (Å²) < 4.78 is 1.67.